The van der Waals surface area contributed by atoms with Crippen molar-refractivity contribution in [3.05, 3.63) is 65.2 Å². The number of Topliss-reactive ketones (excluding diaryl/α,β-unsaturated/α-hetero) is 1. The van der Waals surface area contributed by atoms with Gasteiger partial charge in [0.15, 0.2) is 0 Å². The zero-order chi connectivity index (χ0) is 23.9. The van der Waals surface area contributed by atoms with Crippen LogP contribution in [0, 0.1) is 0 Å². The zero-order valence-electron chi connectivity index (χ0n) is 20.5. The van der Waals surface area contributed by atoms with Crippen LogP contribution >= 0.6 is 0 Å². The van der Waals surface area contributed by atoms with Crippen LogP contribution in [-0.2, 0) is 22.6 Å². The number of ketones is 1. The van der Waals surface area contributed by atoms with Crippen LogP contribution in [0.1, 0.15) is 55.3 Å². The Labute approximate surface area is 203 Å². The highest BCUT2D eigenvalue weighted by atomic mass is 16.6. The lowest BCUT2D eigenvalue weighted by molar-refractivity contribution is -0.117. The van der Waals surface area contributed by atoms with E-state index in [0.29, 0.717) is 13.0 Å². The van der Waals surface area contributed by atoms with E-state index < -0.39 is 0 Å². The average molecular weight is 464 g/mol. The first-order valence-corrected chi connectivity index (χ1v) is 12.5. The minimum absolute atomic E-state index is 0.0415. The normalized spacial score (nSPS) is 18.3. The molecular formula is C28H37N3O3. The van der Waals surface area contributed by atoms with Crippen LogP contribution in [0.5, 0.6) is 0 Å². The van der Waals surface area contributed by atoms with Crippen LogP contribution in [0.3, 0.4) is 0 Å². The summed E-state index contributed by atoms with van der Waals surface area (Å²) in [6.45, 7) is 6.96. The molecule has 0 aromatic heterocycles. The molecule has 1 saturated heterocycles. The van der Waals surface area contributed by atoms with Gasteiger partial charge in [0.25, 0.3) is 0 Å². The van der Waals surface area contributed by atoms with Gasteiger partial charge in [-0.3, -0.25) is 4.90 Å². The number of piperazine rings is 1. The van der Waals surface area contributed by atoms with Gasteiger partial charge in [0.2, 0.25) is 0 Å². The number of benzene rings is 2. The Kier molecular flexibility index (Phi) is 8.22. The van der Waals surface area contributed by atoms with Gasteiger partial charge >= 0.3 is 6.09 Å². The van der Waals surface area contributed by atoms with Crippen molar-refractivity contribution >= 4 is 17.6 Å². The molecule has 34 heavy (non-hydrogen) atoms. The monoisotopic (exact) mass is 463 g/mol. The smallest absolute Gasteiger partial charge is 0.410 e. The van der Waals surface area contributed by atoms with E-state index in [1.165, 1.54) is 16.8 Å². The molecule has 1 fully saturated rings. The molecule has 0 N–H and O–H groups in total. The highest BCUT2D eigenvalue weighted by molar-refractivity contribution is 5.75. The first-order valence-electron chi connectivity index (χ1n) is 12.5. The molecule has 0 spiro atoms. The number of carbonyl (C=O) groups is 2. The SMILES string of the molecule is CC(=O)CCCN1CCN(c2ccc3c(c2)C(N(C)C(=O)OCc2ccccc2)CCC3)CC1. The van der Waals surface area contributed by atoms with Gasteiger partial charge in [0.1, 0.15) is 12.4 Å². The summed E-state index contributed by atoms with van der Waals surface area (Å²) < 4.78 is 5.61. The number of hydrogen-bond acceptors (Lipinski definition) is 5. The van der Waals surface area contributed by atoms with Crippen LogP contribution in [0.4, 0.5) is 10.5 Å². The molecule has 2 aromatic rings. The predicted octanol–water partition coefficient (Wildman–Crippen LogP) is 4.82. The fraction of sp³-hybridized carbons (Fsp3) is 0.500. The molecule has 0 bridgehead atoms. The van der Waals surface area contributed by atoms with E-state index in [1.54, 1.807) is 11.8 Å². The van der Waals surface area contributed by atoms with E-state index in [2.05, 4.69) is 28.0 Å². The van der Waals surface area contributed by atoms with Crippen molar-refractivity contribution in [2.45, 2.75) is 51.7 Å². The number of ether oxygens (including phenoxy) is 1. The molecular weight excluding hydrogens is 426 g/mol. The summed E-state index contributed by atoms with van der Waals surface area (Å²) in [5.74, 6) is 0.274. The third kappa shape index (κ3) is 6.17. The van der Waals surface area contributed by atoms with Gasteiger partial charge in [-0.1, -0.05) is 36.4 Å². The Morgan fingerprint density at radius 2 is 1.82 bits per heavy atom. The molecule has 2 aromatic carbocycles. The quantitative estimate of drug-likeness (QED) is 0.562. The number of anilines is 1. The van der Waals surface area contributed by atoms with Crippen molar-refractivity contribution in [2.24, 2.45) is 0 Å². The molecule has 4 rings (SSSR count). The topological polar surface area (TPSA) is 53.1 Å². The summed E-state index contributed by atoms with van der Waals surface area (Å²) in [6.07, 6.45) is 4.44. The molecule has 6 heteroatoms. The van der Waals surface area contributed by atoms with Crippen molar-refractivity contribution in [3.63, 3.8) is 0 Å². The largest absolute Gasteiger partial charge is 0.445 e. The Hall–Kier alpha value is -2.86. The number of amides is 1. The molecule has 1 atom stereocenters. The molecule has 1 amide bonds. The van der Waals surface area contributed by atoms with Crippen molar-refractivity contribution < 1.29 is 14.3 Å². The van der Waals surface area contributed by atoms with E-state index in [9.17, 15) is 9.59 Å². The molecule has 2 aliphatic rings. The average Bonchev–Trinajstić information content (AvgIpc) is 2.87. The number of nitrogens with zero attached hydrogens (tertiary/aromatic N) is 3. The number of aryl methyl sites for hydroxylation is 1. The van der Waals surface area contributed by atoms with Gasteiger partial charge < -0.3 is 19.3 Å². The van der Waals surface area contributed by atoms with E-state index >= 15 is 0 Å². The van der Waals surface area contributed by atoms with E-state index in [4.69, 9.17) is 4.74 Å². The fourth-order valence-electron chi connectivity index (χ4n) is 5.09. The van der Waals surface area contributed by atoms with Crippen molar-refractivity contribution in [3.8, 4) is 0 Å². The van der Waals surface area contributed by atoms with Crippen LogP contribution in [0.15, 0.2) is 48.5 Å². The molecule has 0 radical (unpaired) electrons. The van der Waals surface area contributed by atoms with E-state index in [1.807, 2.05) is 37.4 Å². The summed E-state index contributed by atoms with van der Waals surface area (Å²) in [7, 11) is 1.86. The summed E-state index contributed by atoms with van der Waals surface area (Å²) in [5.41, 5.74) is 4.83. The lowest BCUT2D eigenvalue weighted by Gasteiger charge is -2.38. The van der Waals surface area contributed by atoms with Crippen molar-refractivity contribution in [1.82, 2.24) is 9.80 Å². The Balaban J connectivity index is 1.37. The van der Waals surface area contributed by atoms with E-state index in [0.717, 1.165) is 64.0 Å². The highest BCUT2D eigenvalue weighted by Crippen LogP contribution is 2.36. The molecule has 1 aliphatic carbocycles. The third-order valence-corrected chi connectivity index (χ3v) is 7.11. The summed E-state index contributed by atoms with van der Waals surface area (Å²) >= 11 is 0. The van der Waals surface area contributed by atoms with Gasteiger partial charge in [-0.05, 0) is 68.0 Å². The minimum Gasteiger partial charge on any atom is -0.445 e. The highest BCUT2D eigenvalue weighted by Gasteiger charge is 2.29. The van der Waals surface area contributed by atoms with Crippen molar-refractivity contribution in [1.29, 1.82) is 0 Å². The molecule has 182 valence electrons. The van der Waals surface area contributed by atoms with Crippen LogP contribution in [-0.4, -0.2) is 61.4 Å². The maximum atomic E-state index is 12.8. The summed E-state index contributed by atoms with van der Waals surface area (Å²) in [4.78, 5) is 30.7. The van der Waals surface area contributed by atoms with Gasteiger partial charge in [-0.25, -0.2) is 4.79 Å². The number of fused-ring (bicyclic) bond motifs is 1. The van der Waals surface area contributed by atoms with Gasteiger partial charge in [-0.2, -0.15) is 0 Å². The number of hydrogen-bond donors (Lipinski definition) is 0. The lowest BCUT2D eigenvalue weighted by atomic mass is 9.86. The molecule has 1 heterocycles. The zero-order valence-corrected chi connectivity index (χ0v) is 20.5. The minimum atomic E-state index is -0.272. The second kappa shape index (κ2) is 11.5. The molecule has 1 unspecified atom stereocenters. The molecule has 6 nitrogen and oxygen atoms in total. The maximum absolute atomic E-state index is 12.8. The maximum Gasteiger partial charge on any atom is 0.410 e. The van der Waals surface area contributed by atoms with Gasteiger partial charge in [0.05, 0.1) is 6.04 Å². The first kappa shape index (κ1) is 24.3. The van der Waals surface area contributed by atoms with Crippen LogP contribution in [0.2, 0.25) is 0 Å². The Morgan fingerprint density at radius 3 is 2.56 bits per heavy atom. The molecule has 0 saturated carbocycles. The Morgan fingerprint density at radius 1 is 1.06 bits per heavy atom. The number of rotatable bonds is 8. The van der Waals surface area contributed by atoms with Gasteiger partial charge in [0, 0.05) is 45.3 Å². The van der Waals surface area contributed by atoms with Gasteiger partial charge in [-0.15, -0.1) is 0 Å². The molecule has 1 aliphatic heterocycles. The van der Waals surface area contributed by atoms with Crippen LogP contribution in [0.25, 0.3) is 0 Å². The Bertz CT molecular complexity index is 970. The standard InChI is InChI=1S/C28H37N3O3/c1-22(32)8-7-15-30-16-18-31(19-17-30)25-14-13-24-11-6-12-27(26(24)20-25)29(2)28(33)34-21-23-9-4-3-5-10-23/h3-5,9-10,13-14,20,27H,6-8,11-12,15-19,21H2,1-2H3. The fourth-order valence-corrected chi connectivity index (χ4v) is 5.09. The second-order valence-electron chi connectivity index (χ2n) is 9.58. The summed E-state index contributed by atoms with van der Waals surface area (Å²) in [6, 6.07) is 16.6. The summed E-state index contributed by atoms with van der Waals surface area (Å²) in [5, 5.41) is 0. The number of carbonyl (C=O) groups excluding carboxylic acids is 2. The van der Waals surface area contributed by atoms with E-state index in [-0.39, 0.29) is 17.9 Å². The third-order valence-electron chi connectivity index (χ3n) is 7.11. The first-order chi connectivity index (χ1) is 16.5. The van der Waals surface area contributed by atoms with Crippen molar-refractivity contribution in [2.75, 3.05) is 44.7 Å². The second-order valence-corrected chi connectivity index (χ2v) is 9.58. The lowest BCUT2D eigenvalue weighted by Crippen LogP contribution is -2.46. The van der Waals surface area contributed by atoms with Crippen LogP contribution < -0.4 is 4.90 Å². The predicted molar refractivity (Wildman–Crippen MR) is 135 cm³/mol.